The molecule has 0 radical (unpaired) electrons. The van der Waals surface area contributed by atoms with Crippen LogP contribution in [0.5, 0.6) is 0 Å². The van der Waals surface area contributed by atoms with Crippen molar-refractivity contribution in [3.63, 3.8) is 0 Å². The van der Waals surface area contributed by atoms with Crippen molar-refractivity contribution < 1.29 is 0 Å². The van der Waals surface area contributed by atoms with Gasteiger partial charge in [0, 0.05) is 10.7 Å². The molecular formula is C13H16ClN3. The number of hydrogen-bond donors (Lipinski definition) is 1. The molecule has 0 aliphatic carbocycles. The van der Waals surface area contributed by atoms with Crippen molar-refractivity contribution in [3.05, 3.63) is 40.2 Å². The standard InChI is InChI=1S/C13H16ClN3/c1-4-11-8(2)16-17(9(11)3)13-7-10(14)5-6-12(13)15/h5-7H,4,15H2,1-3H3. The number of aromatic nitrogens is 2. The van der Waals surface area contributed by atoms with Crippen molar-refractivity contribution in [1.29, 1.82) is 0 Å². The van der Waals surface area contributed by atoms with Gasteiger partial charge in [-0.05, 0) is 44.0 Å². The molecule has 0 aliphatic heterocycles. The molecule has 0 saturated heterocycles. The lowest BCUT2D eigenvalue weighted by atomic mass is 10.1. The molecule has 17 heavy (non-hydrogen) atoms. The number of nitrogens with two attached hydrogens (primary N) is 1. The molecule has 0 aliphatic rings. The van der Waals surface area contributed by atoms with Crippen LogP contribution >= 0.6 is 11.6 Å². The summed E-state index contributed by atoms with van der Waals surface area (Å²) < 4.78 is 1.87. The first-order valence-corrected chi connectivity index (χ1v) is 6.03. The van der Waals surface area contributed by atoms with Gasteiger partial charge in [-0.2, -0.15) is 5.10 Å². The average molecular weight is 250 g/mol. The van der Waals surface area contributed by atoms with Gasteiger partial charge in [0.05, 0.1) is 17.1 Å². The Hall–Kier alpha value is -1.48. The molecule has 4 heteroatoms. The molecule has 0 unspecified atom stereocenters. The molecule has 0 fully saturated rings. The van der Waals surface area contributed by atoms with E-state index in [9.17, 15) is 0 Å². The van der Waals surface area contributed by atoms with Crippen molar-refractivity contribution in [3.8, 4) is 5.69 Å². The summed E-state index contributed by atoms with van der Waals surface area (Å²) in [6, 6.07) is 5.43. The van der Waals surface area contributed by atoms with E-state index >= 15 is 0 Å². The van der Waals surface area contributed by atoms with E-state index in [1.54, 1.807) is 12.1 Å². The van der Waals surface area contributed by atoms with Crippen LogP contribution < -0.4 is 5.73 Å². The molecular weight excluding hydrogens is 234 g/mol. The second kappa shape index (κ2) is 4.41. The summed E-state index contributed by atoms with van der Waals surface area (Å²) in [6.07, 6.45) is 0.970. The smallest absolute Gasteiger partial charge is 0.0892 e. The van der Waals surface area contributed by atoms with Gasteiger partial charge in [-0.3, -0.25) is 0 Å². The van der Waals surface area contributed by atoms with Crippen LogP contribution in [-0.2, 0) is 6.42 Å². The van der Waals surface area contributed by atoms with Crippen LogP contribution in [0.1, 0.15) is 23.9 Å². The van der Waals surface area contributed by atoms with Crippen molar-refractivity contribution >= 4 is 17.3 Å². The lowest BCUT2D eigenvalue weighted by Gasteiger charge is -2.08. The van der Waals surface area contributed by atoms with E-state index in [-0.39, 0.29) is 0 Å². The fourth-order valence-corrected chi connectivity index (χ4v) is 2.29. The third-order valence-electron chi connectivity index (χ3n) is 3.02. The monoisotopic (exact) mass is 249 g/mol. The summed E-state index contributed by atoms with van der Waals surface area (Å²) in [5.41, 5.74) is 10.9. The van der Waals surface area contributed by atoms with E-state index in [1.807, 2.05) is 17.7 Å². The lowest BCUT2D eigenvalue weighted by Crippen LogP contribution is -2.03. The van der Waals surface area contributed by atoms with E-state index in [0.717, 1.165) is 23.5 Å². The van der Waals surface area contributed by atoms with Gasteiger partial charge in [-0.15, -0.1) is 0 Å². The number of rotatable bonds is 2. The van der Waals surface area contributed by atoms with Crippen molar-refractivity contribution in [1.82, 2.24) is 9.78 Å². The number of hydrogen-bond acceptors (Lipinski definition) is 2. The Morgan fingerprint density at radius 2 is 2.06 bits per heavy atom. The Bertz CT molecular complexity index is 558. The number of nitrogens with zero attached hydrogens (tertiary/aromatic N) is 2. The van der Waals surface area contributed by atoms with Crippen LogP contribution in [0.15, 0.2) is 18.2 Å². The predicted molar refractivity (Wildman–Crippen MR) is 71.8 cm³/mol. The van der Waals surface area contributed by atoms with Gasteiger partial charge in [0.15, 0.2) is 0 Å². The van der Waals surface area contributed by atoms with Crippen molar-refractivity contribution in [2.45, 2.75) is 27.2 Å². The second-order valence-electron chi connectivity index (χ2n) is 4.12. The number of benzene rings is 1. The average Bonchev–Trinajstić information content (AvgIpc) is 2.57. The van der Waals surface area contributed by atoms with E-state index in [0.29, 0.717) is 10.7 Å². The minimum absolute atomic E-state index is 0.666. The molecule has 1 aromatic carbocycles. The molecule has 2 rings (SSSR count). The Morgan fingerprint density at radius 1 is 1.35 bits per heavy atom. The van der Waals surface area contributed by atoms with Crippen LogP contribution in [0.3, 0.4) is 0 Å². The Balaban J connectivity index is 2.64. The highest BCUT2D eigenvalue weighted by molar-refractivity contribution is 6.30. The highest BCUT2D eigenvalue weighted by Crippen LogP contribution is 2.25. The van der Waals surface area contributed by atoms with E-state index in [2.05, 4.69) is 18.9 Å². The molecule has 0 spiro atoms. The van der Waals surface area contributed by atoms with Crippen molar-refractivity contribution in [2.24, 2.45) is 0 Å². The maximum absolute atomic E-state index is 6.00. The van der Waals surface area contributed by atoms with Gasteiger partial charge in [0.1, 0.15) is 0 Å². The van der Waals surface area contributed by atoms with Gasteiger partial charge in [0.2, 0.25) is 0 Å². The lowest BCUT2D eigenvalue weighted by molar-refractivity contribution is 0.835. The fraction of sp³-hybridized carbons (Fsp3) is 0.308. The van der Waals surface area contributed by atoms with E-state index < -0.39 is 0 Å². The van der Waals surface area contributed by atoms with E-state index in [1.165, 1.54) is 5.56 Å². The van der Waals surface area contributed by atoms with Crippen LogP contribution in [0, 0.1) is 13.8 Å². The van der Waals surface area contributed by atoms with Crippen LogP contribution in [0.4, 0.5) is 5.69 Å². The summed E-state index contributed by atoms with van der Waals surface area (Å²) in [4.78, 5) is 0. The zero-order chi connectivity index (χ0) is 12.6. The van der Waals surface area contributed by atoms with Gasteiger partial charge in [-0.1, -0.05) is 18.5 Å². The highest BCUT2D eigenvalue weighted by atomic mass is 35.5. The third kappa shape index (κ3) is 2.03. The predicted octanol–water partition coefficient (Wildman–Crippen LogP) is 3.29. The topological polar surface area (TPSA) is 43.8 Å². The first kappa shape index (κ1) is 12.0. The van der Waals surface area contributed by atoms with E-state index in [4.69, 9.17) is 17.3 Å². The Labute approximate surface area is 106 Å². The number of aryl methyl sites for hydroxylation is 1. The number of nitrogen functional groups attached to an aromatic ring is 1. The summed E-state index contributed by atoms with van der Waals surface area (Å²) in [5.74, 6) is 0. The molecule has 3 nitrogen and oxygen atoms in total. The summed E-state index contributed by atoms with van der Waals surface area (Å²) in [5, 5.41) is 5.20. The van der Waals surface area contributed by atoms with Gasteiger partial charge < -0.3 is 5.73 Å². The summed E-state index contributed by atoms with van der Waals surface area (Å²) >= 11 is 6.00. The zero-order valence-corrected chi connectivity index (χ0v) is 11.0. The van der Waals surface area contributed by atoms with Crippen molar-refractivity contribution in [2.75, 3.05) is 5.73 Å². The molecule has 0 bridgehead atoms. The van der Waals surface area contributed by atoms with Gasteiger partial charge in [-0.25, -0.2) is 4.68 Å². The molecule has 2 N–H and O–H groups in total. The summed E-state index contributed by atoms with van der Waals surface area (Å²) in [6.45, 7) is 6.20. The van der Waals surface area contributed by atoms with Gasteiger partial charge in [0.25, 0.3) is 0 Å². The normalized spacial score (nSPS) is 10.8. The summed E-state index contributed by atoms with van der Waals surface area (Å²) in [7, 11) is 0. The first-order valence-electron chi connectivity index (χ1n) is 5.65. The minimum atomic E-state index is 0.666. The highest BCUT2D eigenvalue weighted by Gasteiger charge is 2.13. The SMILES string of the molecule is CCc1c(C)nn(-c2cc(Cl)ccc2N)c1C. The van der Waals surface area contributed by atoms with Crippen LogP contribution in [0.25, 0.3) is 5.69 Å². The first-order chi connectivity index (χ1) is 8.04. The molecule has 0 amide bonds. The van der Waals surface area contributed by atoms with Crippen LogP contribution in [-0.4, -0.2) is 9.78 Å². The number of halogens is 1. The van der Waals surface area contributed by atoms with Gasteiger partial charge >= 0.3 is 0 Å². The minimum Gasteiger partial charge on any atom is -0.397 e. The molecule has 2 aromatic rings. The Kier molecular flexibility index (Phi) is 3.11. The maximum atomic E-state index is 6.00. The second-order valence-corrected chi connectivity index (χ2v) is 4.55. The maximum Gasteiger partial charge on any atom is 0.0892 e. The Morgan fingerprint density at radius 3 is 2.65 bits per heavy atom. The molecule has 90 valence electrons. The molecule has 0 saturated carbocycles. The fourth-order valence-electron chi connectivity index (χ4n) is 2.12. The molecule has 1 aromatic heterocycles. The largest absolute Gasteiger partial charge is 0.397 e. The molecule has 0 atom stereocenters. The number of anilines is 1. The third-order valence-corrected chi connectivity index (χ3v) is 3.25. The molecule has 1 heterocycles. The zero-order valence-electron chi connectivity index (χ0n) is 10.3. The van der Waals surface area contributed by atoms with Crippen LogP contribution in [0.2, 0.25) is 5.02 Å². The quantitative estimate of drug-likeness (QED) is 0.830.